The second-order valence-corrected chi connectivity index (χ2v) is 10.6. The van der Waals surface area contributed by atoms with E-state index in [1.807, 2.05) is 31.2 Å². The molecule has 4 N–H and O–H groups in total. The third-order valence-electron chi connectivity index (χ3n) is 8.38. The van der Waals surface area contributed by atoms with Crippen LogP contribution in [-0.4, -0.2) is 69.9 Å². The highest BCUT2D eigenvalue weighted by Gasteiger charge is 2.69. The van der Waals surface area contributed by atoms with Gasteiger partial charge in [0.2, 0.25) is 5.91 Å². The fraction of sp³-hybridized carbons (Fsp3) is 0.393. The number of nitrogens with zero attached hydrogens (tertiary/aromatic N) is 1. The average Bonchev–Trinajstić information content (AvgIpc) is 2.82. The maximum atomic E-state index is 13.9. The Kier molecular flexibility index (Phi) is 5.69. The van der Waals surface area contributed by atoms with Gasteiger partial charge in [0, 0.05) is 5.92 Å². The summed E-state index contributed by atoms with van der Waals surface area (Å²) in [5.41, 5.74) is 5.79. The molecular formula is C28H28N2O7. The van der Waals surface area contributed by atoms with E-state index in [0.717, 1.165) is 16.7 Å². The third kappa shape index (κ3) is 3.34. The van der Waals surface area contributed by atoms with Crippen LogP contribution in [0.5, 0.6) is 5.75 Å². The molecule has 2 aromatic carbocycles. The van der Waals surface area contributed by atoms with Gasteiger partial charge in [0.25, 0.3) is 0 Å². The lowest BCUT2D eigenvalue weighted by Crippen LogP contribution is -2.74. The number of aryl methyl sites for hydroxylation is 1. The predicted octanol–water partition coefficient (Wildman–Crippen LogP) is 0.842. The Morgan fingerprint density at radius 2 is 1.70 bits per heavy atom. The van der Waals surface area contributed by atoms with Crippen LogP contribution in [0.2, 0.25) is 0 Å². The first kappa shape index (κ1) is 25.0. The number of carbonyl (C=O) groups is 5. The summed E-state index contributed by atoms with van der Waals surface area (Å²) in [6, 6.07) is 9.62. The van der Waals surface area contributed by atoms with E-state index in [-0.39, 0.29) is 24.2 Å². The Bertz CT molecular complexity index is 1400. The van der Waals surface area contributed by atoms with E-state index in [9.17, 15) is 34.2 Å². The molecule has 0 bridgehead atoms. The van der Waals surface area contributed by atoms with E-state index in [0.29, 0.717) is 5.56 Å². The molecule has 0 aromatic heterocycles. The molecule has 0 spiro atoms. The highest BCUT2D eigenvalue weighted by molar-refractivity contribution is 6.32. The van der Waals surface area contributed by atoms with Crippen LogP contribution in [0.25, 0.3) is 11.1 Å². The molecule has 2 aromatic rings. The van der Waals surface area contributed by atoms with Crippen LogP contribution in [0.4, 0.5) is 0 Å². The molecule has 1 amide bonds. The van der Waals surface area contributed by atoms with Gasteiger partial charge < -0.3 is 15.9 Å². The number of benzene rings is 2. The van der Waals surface area contributed by atoms with E-state index >= 15 is 0 Å². The quantitative estimate of drug-likeness (QED) is 0.520. The van der Waals surface area contributed by atoms with Gasteiger partial charge in [-0.05, 0) is 68.1 Å². The number of ketones is 4. The van der Waals surface area contributed by atoms with Gasteiger partial charge in [0.05, 0.1) is 17.5 Å². The van der Waals surface area contributed by atoms with Crippen molar-refractivity contribution < 1.29 is 34.2 Å². The zero-order valence-electron chi connectivity index (χ0n) is 20.7. The molecule has 0 aliphatic heterocycles. The first-order valence-electron chi connectivity index (χ1n) is 12.2. The SMILES string of the molecule is Cc1ccccc1-c1ccc(O)c2c1CC1CC3C(N(C)C)C(=O)C(C(N)=O)C(=O)C3(O)C(=O)C1C2=O. The Morgan fingerprint density at radius 3 is 2.32 bits per heavy atom. The van der Waals surface area contributed by atoms with Crippen molar-refractivity contribution in [1.29, 1.82) is 0 Å². The normalized spacial score (nSPS) is 31.1. The number of Topliss-reactive ketones (excluding diaryl/α,β-unsaturated/α-hetero) is 4. The lowest BCUT2D eigenvalue weighted by Gasteiger charge is -2.52. The van der Waals surface area contributed by atoms with Gasteiger partial charge >= 0.3 is 0 Å². The van der Waals surface area contributed by atoms with Gasteiger partial charge in [-0.25, -0.2) is 0 Å². The zero-order valence-corrected chi connectivity index (χ0v) is 20.7. The summed E-state index contributed by atoms with van der Waals surface area (Å²) in [5, 5.41) is 22.3. The van der Waals surface area contributed by atoms with E-state index in [1.165, 1.54) is 11.0 Å². The van der Waals surface area contributed by atoms with Crippen LogP contribution in [0.15, 0.2) is 36.4 Å². The van der Waals surface area contributed by atoms with E-state index in [2.05, 4.69) is 0 Å². The molecule has 2 fully saturated rings. The molecule has 3 aliphatic rings. The summed E-state index contributed by atoms with van der Waals surface area (Å²) in [6.45, 7) is 1.93. The van der Waals surface area contributed by atoms with Crippen LogP contribution >= 0.6 is 0 Å². The summed E-state index contributed by atoms with van der Waals surface area (Å²) in [5.74, 6) is -10.4. The van der Waals surface area contributed by atoms with E-state index in [1.54, 1.807) is 20.2 Å². The first-order valence-corrected chi connectivity index (χ1v) is 12.2. The minimum atomic E-state index is -2.72. The molecule has 0 saturated heterocycles. The molecular weight excluding hydrogens is 476 g/mol. The molecule has 0 heterocycles. The molecule has 9 heteroatoms. The van der Waals surface area contributed by atoms with Crippen molar-refractivity contribution in [3.63, 3.8) is 0 Å². The number of fused-ring (bicyclic) bond motifs is 3. The van der Waals surface area contributed by atoms with Gasteiger partial charge in [-0.3, -0.25) is 28.9 Å². The molecule has 3 aliphatic carbocycles. The van der Waals surface area contributed by atoms with Crippen LogP contribution in [0.3, 0.4) is 0 Å². The van der Waals surface area contributed by atoms with Gasteiger partial charge in [0.1, 0.15) is 5.75 Å². The predicted molar refractivity (Wildman–Crippen MR) is 132 cm³/mol. The second kappa shape index (κ2) is 8.43. The van der Waals surface area contributed by atoms with Gasteiger partial charge in [-0.1, -0.05) is 30.3 Å². The van der Waals surface area contributed by atoms with E-state index in [4.69, 9.17) is 5.73 Å². The van der Waals surface area contributed by atoms with E-state index < -0.39 is 64.4 Å². The maximum absolute atomic E-state index is 13.9. The number of carbonyl (C=O) groups excluding carboxylic acids is 5. The van der Waals surface area contributed by atoms with Crippen LogP contribution < -0.4 is 5.73 Å². The fourth-order valence-corrected chi connectivity index (χ4v) is 6.73. The summed E-state index contributed by atoms with van der Waals surface area (Å²) < 4.78 is 0. The van der Waals surface area contributed by atoms with Crippen molar-refractivity contribution in [2.24, 2.45) is 29.4 Å². The summed E-state index contributed by atoms with van der Waals surface area (Å²) >= 11 is 0. The zero-order chi connectivity index (χ0) is 27.0. The first-order chi connectivity index (χ1) is 17.4. The van der Waals surface area contributed by atoms with Crippen molar-refractivity contribution in [3.8, 4) is 16.9 Å². The highest BCUT2D eigenvalue weighted by atomic mass is 16.3. The molecule has 6 atom stereocenters. The number of phenols is 1. The number of likely N-dealkylation sites (N-methyl/N-ethyl adjacent to an activating group) is 1. The summed E-state index contributed by atoms with van der Waals surface area (Å²) in [6.07, 6.45) is 0.247. The Balaban J connectivity index is 1.67. The number of primary amides is 1. The average molecular weight is 505 g/mol. The summed E-state index contributed by atoms with van der Waals surface area (Å²) in [4.78, 5) is 67.7. The number of hydrogen-bond acceptors (Lipinski definition) is 8. The minimum absolute atomic E-state index is 0.00708. The number of hydrogen-bond donors (Lipinski definition) is 3. The monoisotopic (exact) mass is 504 g/mol. The second-order valence-electron chi connectivity index (χ2n) is 10.6. The minimum Gasteiger partial charge on any atom is -0.507 e. The largest absolute Gasteiger partial charge is 0.507 e. The lowest BCUT2D eigenvalue weighted by molar-refractivity contribution is -0.181. The van der Waals surface area contributed by atoms with Gasteiger partial charge in [-0.15, -0.1) is 0 Å². The van der Waals surface area contributed by atoms with Crippen LogP contribution in [0.1, 0.15) is 27.9 Å². The molecule has 2 saturated carbocycles. The number of phenolic OH excluding ortho intramolecular Hbond substituents is 1. The molecule has 0 radical (unpaired) electrons. The molecule has 9 nitrogen and oxygen atoms in total. The Hall–Kier alpha value is -3.69. The fourth-order valence-electron chi connectivity index (χ4n) is 6.73. The number of rotatable bonds is 3. The van der Waals surface area contributed by atoms with Gasteiger partial charge in [-0.2, -0.15) is 0 Å². The maximum Gasteiger partial charge on any atom is 0.235 e. The van der Waals surface area contributed by atoms with Crippen molar-refractivity contribution in [2.45, 2.75) is 31.4 Å². The molecule has 6 unspecified atom stereocenters. The van der Waals surface area contributed by atoms with Gasteiger partial charge in [0.15, 0.2) is 34.7 Å². The molecule has 5 rings (SSSR count). The van der Waals surface area contributed by atoms with Crippen LogP contribution in [-0.2, 0) is 25.6 Å². The molecule has 37 heavy (non-hydrogen) atoms. The smallest absolute Gasteiger partial charge is 0.235 e. The van der Waals surface area contributed by atoms with Crippen molar-refractivity contribution in [2.75, 3.05) is 14.1 Å². The topological polar surface area (TPSA) is 155 Å². The number of aliphatic hydroxyl groups is 1. The summed E-state index contributed by atoms with van der Waals surface area (Å²) in [7, 11) is 3.12. The number of amides is 1. The number of aromatic hydroxyl groups is 1. The Labute approximate surface area is 213 Å². The van der Waals surface area contributed by atoms with Crippen molar-refractivity contribution >= 4 is 29.0 Å². The Morgan fingerprint density at radius 1 is 1.03 bits per heavy atom. The molecule has 192 valence electrons. The number of nitrogens with two attached hydrogens (primary N) is 1. The van der Waals surface area contributed by atoms with Crippen molar-refractivity contribution in [1.82, 2.24) is 4.90 Å². The van der Waals surface area contributed by atoms with Crippen LogP contribution in [0, 0.1) is 30.6 Å². The standard InChI is InChI=1S/C28H28N2O7/c1-12-6-4-5-7-14(12)15-8-9-18(31)20-16(15)10-13-11-17-22(30(2)3)24(33)21(27(29)36)26(35)28(17,37)25(34)19(13)23(20)32/h4-9,13,17,19,21-22,31,37H,10-11H2,1-3H3,(H2,29,36). The van der Waals surface area contributed by atoms with Crippen molar-refractivity contribution in [3.05, 3.63) is 53.1 Å². The third-order valence-corrected chi connectivity index (χ3v) is 8.38. The highest BCUT2D eigenvalue weighted by Crippen LogP contribution is 2.51. The lowest BCUT2D eigenvalue weighted by atomic mass is 9.52.